The molecule has 0 atom stereocenters. The quantitative estimate of drug-likeness (QED) is 0.329. The summed E-state index contributed by atoms with van der Waals surface area (Å²) in [6, 6.07) is 0. The average molecular weight is 146 g/mol. The second-order valence-corrected chi connectivity index (χ2v) is 2.41. The topological polar surface area (TPSA) is 35.5 Å². The molecule has 0 aromatic carbocycles. The minimum atomic E-state index is -0.566. The number of hydrogen-bond donors (Lipinski definition) is 0. The molecule has 0 aromatic rings. The molecule has 0 saturated carbocycles. The normalized spacial score (nSPS) is 11.5. The molecule has 0 amide bonds. The zero-order valence-electron chi connectivity index (χ0n) is 6.72. The Morgan fingerprint density at radius 3 is 2.50 bits per heavy atom. The molecule has 0 fully saturated rings. The predicted molar refractivity (Wildman–Crippen MR) is 37.7 cm³/mol. The van der Waals surface area contributed by atoms with Crippen molar-refractivity contribution in [3.8, 4) is 0 Å². The van der Waals surface area contributed by atoms with E-state index in [1.807, 2.05) is 0 Å². The van der Waals surface area contributed by atoms with E-state index in [0.717, 1.165) is 6.29 Å². The summed E-state index contributed by atoms with van der Waals surface area (Å²) in [4.78, 5) is 9.86. The molecule has 0 heterocycles. The number of ether oxygens (including phenoxy) is 2. The van der Waals surface area contributed by atoms with Crippen molar-refractivity contribution in [2.75, 3.05) is 13.7 Å². The third kappa shape index (κ3) is 4.47. The lowest BCUT2D eigenvalue weighted by atomic mass is 10.4. The maximum absolute atomic E-state index is 9.86. The fourth-order valence-electron chi connectivity index (χ4n) is 0.412. The Balaban J connectivity index is 3.36. The van der Waals surface area contributed by atoms with Gasteiger partial charge in [-0.2, -0.15) is 0 Å². The molecule has 0 bridgehead atoms. The molecular formula is C7H14O3. The van der Waals surface area contributed by atoms with Crippen LogP contribution in [0, 0.1) is 0 Å². The Bertz CT molecular complexity index is 99.0. The minimum absolute atomic E-state index is 0.421. The van der Waals surface area contributed by atoms with E-state index in [1.54, 1.807) is 21.0 Å². The highest BCUT2D eigenvalue weighted by Crippen LogP contribution is 2.08. The van der Waals surface area contributed by atoms with Crippen LogP contribution in [0.5, 0.6) is 0 Å². The molecule has 0 rings (SSSR count). The fourth-order valence-corrected chi connectivity index (χ4v) is 0.412. The lowest BCUT2D eigenvalue weighted by Gasteiger charge is -2.22. The third-order valence-corrected chi connectivity index (χ3v) is 1.18. The maximum Gasteiger partial charge on any atom is 0.162 e. The number of rotatable bonds is 5. The van der Waals surface area contributed by atoms with Crippen molar-refractivity contribution in [2.24, 2.45) is 0 Å². The van der Waals surface area contributed by atoms with Gasteiger partial charge in [0.15, 0.2) is 5.79 Å². The van der Waals surface area contributed by atoms with E-state index >= 15 is 0 Å². The van der Waals surface area contributed by atoms with Gasteiger partial charge in [-0.1, -0.05) is 0 Å². The first-order valence-electron chi connectivity index (χ1n) is 3.25. The van der Waals surface area contributed by atoms with Crippen LogP contribution >= 0.6 is 0 Å². The van der Waals surface area contributed by atoms with Crippen molar-refractivity contribution in [3.63, 3.8) is 0 Å². The van der Waals surface area contributed by atoms with Crippen LogP contribution in [0.4, 0.5) is 0 Å². The average Bonchev–Trinajstić information content (AvgIpc) is 1.89. The Labute approximate surface area is 61.3 Å². The summed E-state index contributed by atoms with van der Waals surface area (Å²) >= 11 is 0. The van der Waals surface area contributed by atoms with Crippen molar-refractivity contribution < 1.29 is 14.3 Å². The summed E-state index contributed by atoms with van der Waals surface area (Å²) in [6.45, 7) is 4.03. The first-order valence-corrected chi connectivity index (χ1v) is 3.25. The molecule has 10 heavy (non-hydrogen) atoms. The number of hydrogen-bond acceptors (Lipinski definition) is 3. The highest BCUT2D eigenvalue weighted by molar-refractivity contribution is 5.49. The largest absolute Gasteiger partial charge is 0.354 e. The molecule has 3 heteroatoms. The van der Waals surface area contributed by atoms with Gasteiger partial charge in [-0.3, -0.25) is 0 Å². The molecule has 0 aliphatic rings. The lowest BCUT2D eigenvalue weighted by Crippen LogP contribution is -2.27. The second kappa shape index (κ2) is 4.41. The zero-order chi connectivity index (χ0) is 8.04. The summed E-state index contributed by atoms with van der Waals surface area (Å²) in [5.41, 5.74) is 0. The Morgan fingerprint density at radius 1 is 1.50 bits per heavy atom. The second-order valence-electron chi connectivity index (χ2n) is 2.41. The molecule has 0 spiro atoms. The smallest absolute Gasteiger partial charge is 0.162 e. The molecule has 3 nitrogen and oxygen atoms in total. The van der Waals surface area contributed by atoms with Crippen molar-refractivity contribution >= 4 is 6.29 Å². The van der Waals surface area contributed by atoms with Crippen LogP contribution in [-0.2, 0) is 14.3 Å². The van der Waals surface area contributed by atoms with Crippen LogP contribution in [0.25, 0.3) is 0 Å². The van der Waals surface area contributed by atoms with Crippen LogP contribution in [0.15, 0.2) is 0 Å². The minimum Gasteiger partial charge on any atom is -0.354 e. The highest BCUT2D eigenvalue weighted by Gasteiger charge is 2.15. The highest BCUT2D eigenvalue weighted by atomic mass is 16.7. The third-order valence-electron chi connectivity index (χ3n) is 1.18. The van der Waals surface area contributed by atoms with Gasteiger partial charge in [-0.25, -0.2) is 0 Å². The fraction of sp³-hybridized carbons (Fsp3) is 0.857. The van der Waals surface area contributed by atoms with Gasteiger partial charge >= 0.3 is 0 Å². The molecule has 0 aliphatic carbocycles. The van der Waals surface area contributed by atoms with E-state index in [2.05, 4.69) is 0 Å². The van der Waals surface area contributed by atoms with Gasteiger partial charge in [-0.15, -0.1) is 0 Å². The lowest BCUT2D eigenvalue weighted by molar-refractivity contribution is -0.196. The summed E-state index contributed by atoms with van der Waals surface area (Å²) in [7, 11) is 1.57. The Kier molecular flexibility index (Phi) is 4.23. The van der Waals surface area contributed by atoms with Crippen LogP contribution < -0.4 is 0 Å². The van der Waals surface area contributed by atoms with E-state index in [4.69, 9.17) is 9.47 Å². The zero-order valence-corrected chi connectivity index (χ0v) is 6.72. The first-order chi connectivity index (χ1) is 4.62. The summed E-state index contributed by atoms with van der Waals surface area (Å²) in [5, 5.41) is 0. The first kappa shape index (κ1) is 9.59. The standard InChI is InChI=1S/C7H14O3/c1-7(2,9-3)10-6-4-5-8/h5H,4,6H2,1-3H3. The van der Waals surface area contributed by atoms with Gasteiger partial charge in [0.2, 0.25) is 0 Å². The predicted octanol–water partition coefficient (Wildman–Crippen LogP) is 0.974. The monoisotopic (exact) mass is 146 g/mol. The number of aldehydes is 1. The summed E-state index contributed by atoms with van der Waals surface area (Å²) in [6.07, 6.45) is 1.25. The Morgan fingerprint density at radius 2 is 2.10 bits per heavy atom. The van der Waals surface area contributed by atoms with Crippen molar-refractivity contribution in [3.05, 3.63) is 0 Å². The van der Waals surface area contributed by atoms with E-state index in [0.29, 0.717) is 13.0 Å². The summed E-state index contributed by atoms with van der Waals surface area (Å²) in [5.74, 6) is -0.566. The molecular weight excluding hydrogens is 132 g/mol. The van der Waals surface area contributed by atoms with E-state index in [1.165, 1.54) is 0 Å². The van der Waals surface area contributed by atoms with Gasteiger partial charge in [0.25, 0.3) is 0 Å². The van der Waals surface area contributed by atoms with Crippen LogP contribution in [0.3, 0.4) is 0 Å². The molecule has 0 N–H and O–H groups in total. The number of carbonyl (C=O) groups is 1. The Hall–Kier alpha value is -0.410. The van der Waals surface area contributed by atoms with Gasteiger partial charge in [0, 0.05) is 13.5 Å². The van der Waals surface area contributed by atoms with E-state index in [9.17, 15) is 4.79 Å². The van der Waals surface area contributed by atoms with E-state index < -0.39 is 5.79 Å². The van der Waals surface area contributed by atoms with Crippen LogP contribution in [-0.4, -0.2) is 25.8 Å². The van der Waals surface area contributed by atoms with Gasteiger partial charge < -0.3 is 14.3 Å². The van der Waals surface area contributed by atoms with Gasteiger partial charge in [-0.05, 0) is 13.8 Å². The van der Waals surface area contributed by atoms with Crippen molar-refractivity contribution in [2.45, 2.75) is 26.1 Å². The van der Waals surface area contributed by atoms with Gasteiger partial charge in [0.1, 0.15) is 6.29 Å². The van der Waals surface area contributed by atoms with Crippen molar-refractivity contribution in [1.29, 1.82) is 0 Å². The molecule has 60 valence electrons. The van der Waals surface area contributed by atoms with E-state index in [-0.39, 0.29) is 0 Å². The molecule has 0 aromatic heterocycles. The maximum atomic E-state index is 9.86. The molecule has 0 radical (unpaired) electrons. The molecule has 0 saturated heterocycles. The molecule has 0 aliphatic heterocycles. The van der Waals surface area contributed by atoms with Crippen LogP contribution in [0.1, 0.15) is 20.3 Å². The molecule has 0 unspecified atom stereocenters. The van der Waals surface area contributed by atoms with Crippen molar-refractivity contribution in [1.82, 2.24) is 0 Å². The SMILES string of the molecule is COC(C)(C)OCCC=O. The van der Waals surface area contributed by atoms with Gasteiger partial charge in [0.05, 0.1) is 6.61 Å². The van der Waals surface area contributed by atoms with Crippen LogP contribution in [0.2, 0.25) is 0 Å². The summed E-state index contributed by atoms with van der Waals surface area (Å²) < 4.78 is 10.1. The number of methoxy groups -OCH3 is 1. The number of carbonyl (C=O) groups excluding carboxylic acids is 1.